The van der Waals surface area contributed by atoms with Crippen molar-refractivity contribution >= 4 is 22.7 Å². The molecule has 7 heteroatoms. The lowest BCUT2D eigenvalue weighted by Crippen LogP contribution is -2.37. The van der Waals surface area contributed by atoms with Crippen molar-refractivity contribution in [2.24, 2.45) is 7.05 Å². The van der Waals surface area contributed by atoms with Crippen LogP contribution in [0.15, 0.2) is 54.9 Å². The molecular formula is C22H22N6O. The number of aryl methyl sites for hydroxylation is 1. The Kier molecular flexibility index (Phi) is 4.37. The van der Waals surface area contributed by atoms with E-state index in [2.05, 4.69) is 22.0 Å². The maximum absolute atomic E-state index is 6.24. The molecule has 0 radical (unpaired) electrons. The topological polar surface area (TPSA) is 82.1 Å². The number of para-hydroxylation sites is 1. The van der Waals surface area contributed by atoms with Crippen molar-refractivity contribution in [3.8, 4) is 22.5 Å². The Bertz CT molecular complexity index is 1180. The van der Waals surface area contributed by atoms with Crippen LogP contribution in [0, 0.1) is 0 Å². The van der Waals surface area contributed by atoms with Gasteiger partial charge in [0.25, 0.3) is 0 Å². The third kappa shape index (κ3) is 3.30. The number of rotatable bonds is 3. The molecule has 2 N–H and O–H groups in total. The molecule has 1 saturated heterocycles. The van der Waals surface area contributed by atoms with Gasteiger partial charge < -0.3 is 19.9 Å². The standard InChI is InChI=1S/C22H22N6O/c1-27-14-24-18-7-6-15(12-21(18)27)19-13-20(16-4-2-3-5-17(16)23)26-22(25-19)28-8-10-29-11-9-28/h2-7,12-14H,8-11,23H2,1H3. The molecule has 0 bridgehead atoms. The van der Waals surface area contributed by atoms with Crippen LogP contribution in [-0.4, -0.2) is 45.8 Å². The molecule has 2 aromatic heterocycles. The smallest absolute Gasteiger partial charge is 0.226 e. The van der Waals surface area contributed by atoms with Gasteiger partial charge in [0, 0.05) is 37.0 Å². The molecule has 0 aliphatic carbocycles. The SMILES string of the molecule is Cn1cnc2ccc(-c3cc(-c4ccccc4N)nc(N4CCOCC4)n3)cc21. The summed E-state index contributed by atoms with van der Waals surface area (Å²) in [7, 11) is 1.99. The number of hydrogen-bond donors (Lipinski definition) is 1. The number of benzene rings is 2. The summed E-state index contributed by atoms with van der Waals surface area (Å²) in [5, 5.41) is 0. The van der Waals surface area contributed by atoms with Crippen LogP contribution >= 0.6 is 0 Å². The molecule has 1 fully saturated rings. The normalized spacial score (nSPS) is 14.4. The molecule has 0 atom stereocenters. The monoisotopic (exact) mass is 386 g/mol. The second-order valence-corrected chi connectivity index (χ2v) is 7.18. The number of nitrogens with zero attached hydrogens (tertiary/aromatic N) is 5. The van der Waals surface area contributed by atoms with Gasteiger partial charge in [-0.25, -0.2) is 15.0 Å². The van der Waals surface area contributed by atoms with E-state index in [0.717, 1.165) is 46.6 Å². The minimum absolute atomic E-state index is 0.678. The van der Waals surface area contributed by atoms with Gasteiger partial charge >= 0.3 is 0 Å². The minimum atomic E-state index is 0.678. The number of ether oxygens (including phenoxy) is 1. The summed E-state index contributed by atoms with van der Waals surface area (Å²) in [5.74, 6) is 0.703. The highest BCUT2D eigenvalue weighted by molar-refractivity contribution is 5.83. The lowest BCUT2D eigenvalue weighted by atomic mass is 10.1. The lowest BCUT2D eigenvalue weighted by Gasteiger charge is -2.27. The first-order valence-electron chi connectivity index (χ1n) is 9.67. The number of nitrogens with two attached hydrogens (primary N) is 1. The summed E-state index contributed by atoms with van der Waals surface area (Å²) < 4.78 is 7.51. The van der Waals surface area contributed by atoms with Crippen LogP contribution in [0.2, 0.25) is 0 Å². The van der Waals surface area contributed by atoms with E-state index in [1.165, 1.54) is 0 Å². The Balaban J connectivity index is 1.67. The molecule has 3 heterocycles. The van der Waals surface area contributed by atoms with E-state index in [9.17, 15) is 0 Å². The summed E-state index contributed by atoms with van der Waals surface area (Å²) in [4.78, 5) is 16.3. The van der Waals surface area contributed by atoms with E-state index in [1.807, 2.05) is 54.3 Å². The van der Waals surface area contributed by atoms with E-state index >= 15 is 0 Å². The quantitative estimate of drug-likeness (QED) is 0.545. The number of morpholine rings is 1. The van der Waals surface area contributed by atoms with Gasteiger partial charge in [-0.1, -0.05) is 24.3 Å². The molecule has 0 saturated carbocycles. The molecule has 29 heavy (non-hydrogen) atoms. The highest BCUT2D eigenvalue weighted by atomic mass is 16.5. The average molecular weight is 386 g/mol. The molecule has 0 spiro atoms. The molecule has 1 aliphatic rings. The maximum atomic E-state index is 6.24. The van der Waals surface area contributed by atoms with Crippen LogP contribution in [0.3, 0.4) is 0 Å². The Hall–Kier alpha value is -3.45. The molecule has 146 valence electrons. The van der Waals surface area contributed by atoms with Crippen molar-refractivity contribution in [1.29, 1.82) is 0 Å². The first-order chi connectivity index (χ1) is 14.2. The summed E-state index contributed by atoms with van der Waals surface area (Å²) in [6.45, 7) is 2.90. The zero-order valence-corrected chi connectivity index (χ0v) is 16.2. The number of hydrogen-bond acceptors (Lipinski definition) is 6. The zero-order chi connectivity index (χ0) is 19.8. The van der Waals surface area contributed by atoms with E-state index in [0.29, 0.717) is 24.8 Å². The summed E-state index contributed by atoms with van der Waals surface area (Å²) in [6.07, 6.45) is 1.82. The summed E-state index contributed by atoms with van der Waals surface area (Å²) in [5.41, 5.74) is 12.6. The molecule has 2 aromatic carbocycles. The fourth-order valence-electron chi connectivity index (χ4n) is 3.64. The molecule has 5 rings (SSSR count). The predicted octanol–water partition coefficient (Wildman–Crippen LogP) is 3.12. The predicted molar refractivity (Wildman–Crippen MR) is 115 cm³/mol. The maximum Gasteiger partial charge on any atom is 0.226 e. The average Bonchev–Trinajstić information content (AvgIpc) is 3.14. The van der Waals surface area contributed by atoms with Gasteiger partial charge in [-0.05, 0) is 24.3 Å². The van der Waals surface area contributed by atoms with Gasteiger partial charge in [0.1, 0.15) is 0 Å². The minimum Gasteiger partial charge on any atom is -0.398 e. The van der Waals surface area contributed by atoms with Crippen molar-refractivity contribution in [3.63, 3.8) is 0 Å². The van der Waals surface area contributed by atoms with E-state index in [4.69, 9.17) is 20.4 Å². The van der Waals surface area contributed by atoms with Crippen LogP contribution in [0.4, 0.5) is 11.6 Å². The molecule has 0 amide bonds. The van der Waals surface area contributed by atoms with Crippen molar-refractivity contribution in [3.05, 3.63) is 54.9 Å². The van der Waals surface area contributed by atoms with Gasteiger partial charge in [0.05, 0.1) is 42.0 Å². The number of aromatic nitrogens is 4. The Morgan fingerprint density at radius 2 is 1.76 bits per heavy atom. The van der Waals surface area contributed by atoms with Gasteiger partial charge in [0.2, 0.25) is 5.95 Å². The van der Waals surface area contributed by atoms with Crippen LogP contribution in [-0.2, 0) is 11.8 Å². The van der Waals surface area contributed by atoms with E-state index in [-0.39, 0.29) is 0 Å². The molecule has 0 unspecified atom stereocenters. The van der Waals surface area contributed by atoms with E-state index in [1.54, 1.807) is 0 Å². The van der Waals surface area contributed by atoms with Crippen molar-refractivity contribution in [2.75, 3.05) is 36.9 Å². The third-order valence-electron chi connectivity index (χ3n) is 5.27. The summed E-state index contributed by atoms with van der Waals surface area (Å²) >= 11 is 0. The van der Waals surface area contributed by atoms with Gasteiger partial charge in [-0.15, -0.1) is 0 Å². The number of anilines is 2. The van der Waals surface area contributed by atoms with E-state index < -0.39 is 0 Å². The second kappa shape index (κ2) is 7.18. The van der Waals surface area contributed by atoms with Crippen LogP contribution in [0.5, 0.6) is 0 Å². The highest BCUT2D eigenvalue weighted by Crippen LogP contribution is 2.30. The fraction of sp³-hybridized carbons (Fsp3) is 0.227. The first-order valence-corrected chi connectivity index (χ1v) is 9.67. The van der Waals surface area contributed by atoms with Crippen LogP contribution in [0.25, 0.3) is 33.5 Å². The van der Waals surface area contributed by atoms with Gasteiger partial charge in [0.15, 0.2) is 0 Å². The lowest BCUT2D eigenvalue weighted by molar-refractivity contribution is 0.122. The Labute approximate surface area is 168 Å². The number of nitrogen functional groups attached to an aromatic ring is 1. The number of fused-ring (bicyclic) bond motifs is 1. The molecule has 7 nitrogen and oxygen atoms in total. The highest BCUT2D eigenvalue weighted by Gasteiger charge is 2.18. The second-order valence-electron chi connectivity index (χ2n) is 7.18. The Morgan fingerprint density at radius 3 is 2.59 bits per heavy atom. The molecule has 1 aliphatic heterocycles. The molecule has 4 aromatic rings. The Morgan fingerprint density at radius 1 is 0.966 bits per heavy atom. The number of imidazole rings is 1. The third-order valence-corrected chi connectivity index (χ3v) is 5.27. The van der Waals surface area contributed by atoms with Gasteiger partial charge in [-0.3, -0.25) is 0 Å². The van der Waals surface area contributed by atoms with Gasteiger partial charge in [-0.2, -0.15) is 0 Å². The van der Waals surface area contributed by atoms with Crippen LogP contribution < -0.4 is 10.6 Å². The van der Waals surface area contributed by atoms with Crippen molar-refractivity contribution in [2.45, 2.75) is 0 Å². The summed E-state index contributed by atoms with van der Waals surface area (Å²) in [6, 6.07) is 16.0. The zero-order valence-electron chi connectivity index (χ0n) is 16.2. The first kappa shape index (κ1) is 17.6. The largest absolute Gasteiger partial charge is 0.398 e. The molecular weight excluding hydrogens is 364 g/mol. The van der Waals surface area contributed by atoms with Crippen molar-refractivity contribution in [1.82, 2.24) is 19.5 Å². The fourth-order valence-corrected chi connectivity index (χ4v) is 3.64. The van der Waals surface area contributed by atoms with Crippen LogP contribution in [0.1, 0.15) is 0 Å². The van der Waals surface area contributed by atoms with Crippen molar-refractivity contribution < 1.29 is 4.74 Å².